The number of hydrogen-bond acceptors (Lipinski definition) is 4. The highest BCUT2D eigenvalue weighted by molar-refractivity contribution is 5.98. The summed E-state index contributed by atoms with van der Waals surface area (Å²) in [5.74, 6) is -0.715. The molecule has 2 aromatic carbocycles. The third-order valence-electron chi connectivity index (χ3n) is 4.32. The van der Waals surface area contributed by atoms with E-state index < -0.39 is 17.9 Å². The fourth-order valence-electron chi connectivity index (χ4n) is 2.87. The van der Waals surface area contributed by atoms with Crippen LogP contribution in [0.1, 0.15) is 21.5 Å². The van der Waals surface area contributed by atoms with Crippen molar-refractivity contribution in [2.45, 2.75) is 6.42 Å². The molecule has 0 radical (unpaired) electrons. The molecule has 0 atom stereocenters. The lowest BCUT2D eigenvalue weighted by molar-refractivity contribution is 0.0992. The van der Waals surface area contributed by atoms with Gasteiger partial charge in [-0.1, -0.05) is 12.1 Å². The van der Waals surface area contributed by atoms with Crippen molar-refractivity contribution in [3.8, 4) is 17.0 Å². The summed E-state index contributed by atoms with van der Waals surface area (Å²) >= 11 is 0. The van der Waals surface area contributed by atoms with Gasteiger partial charge in [-0.25, -0.2) is 4.98 Å². The lowest BCUT2D eigenvalue weighted by Gasteiger charge is -2.07. The van der Waals surface area contributed by atoms with E-state index in [2.05, 4.69) is 9.97 Å². The molecule has 4 rings (SSSR count). The summed E-state index contributed by atoms with van der Waals surface area (Å²) in [7, 11) is 3.18. The predicted octanol–water partition coefficient (Wildman–Crippen LogP) is 4.07. The smallest absolute Gasteiger partial charge is 0.168 e. The average molecular weight is 361 g/mol. The maximum absolute atomic E-state index is 12.9. The van der Waals surface area contributed by atoms with Crippen LogP contribution >= 0.6 is 0 Å². The highest BCUT2D eigenvalue weighted by atomic mass is 16.5. The Morgan fingerprint density at radius 1 is 1.15 bits per heavy atom. The Balaban J connectivity index is 1.70. The number of aromatic nitrogens is 3. The van der Waals surface area contributed by atoms with E-state index >= 15 is 0 Å². The van der Waals surface area contributed by atoms with E-state index in [0.717, 1.165) is 22.0 Å². The van der Waals surface area contributed by atoms with E-state index in [1.165, 1.54) is 7.11 Å². The first kappa shape index (κ1) is 12.8. The molecule has 0 aliphatic rings. The van der Waals surface area contributed by atoms with Gasteiger partial charge in [0.25, 0.3) is 0 Å². The summed E-state index contributed by atoms with van der Waals surface area (Å²) < 4.78 is 39.0. The Kier molecular flexibility index (Phi) is 3.34. The summed E-state index contributed by atoms with van der Waals surface area (Å²) in [5.41, 5.74) is 2.15. The molecule has 2 heterocycles. The van der Waals surface area contributed by atoms with Crippen molar-refractivity contribution in [2.24, 2.45) is 7.05 Å². The van der Waals surface area contributed by atoms with Crippen molar-refractivity contribution in [3.63, 3.8) is 0 Å². The minimum absolute atomic E-state index is 0.144. The molecule has 0 bridgehead atoms. The van der Waals surface area contributed by atoms with Gasteiger partial charge in [-0.15, -0.1) is 0 Å². The second-order valence-corrected chi connectivity index (χ2v) is 6.14. The van der Waals surface area contributed by atoms with Crippen LogP contribution in [0.25, 0.3) is 22.0 Å². The van der Waals surface area contributed by atoms with Crippen LogP contribution in [0, 0.1) is 0 Å². The third-order valence-corrected chi connectivity index (χ3v) is 4.32. The number of aryl methyl sites for hydroxylation is 1. The summed E-state index contributed by atoms with van der Waals surface area (Å²) in [6.07, 6.45) is 5.03. The Morgan fingerprint density at radius 2 is 1.96 bits per heavy atom. The first-order valence-corrected chi connectivity index (χ1v) is 8.34. The minimum Gasteiger partial charge on any atom is -0.497 e. The number of ketones is 1. The Bertz CT molecular complexity index is 1310. The fourth-order valence-corrected chi connectivity index (χ4v) is 2.87. The van der Waals surface area contributed by atoms with Gasteiger partial charge in [-0.2, -0.15) is 0 Å². The summed E-state index contributed by atoms with van der Waals surface area (Å²) in [4.78, 5) is 21.4. The lowest BCUT2D eigenvalue weighted by atomic mass is 10.0. The highest BCUT2D eigenvalue weighted by Crippen LogP contribution is 2.24. The number of ether oxygens (including phenoxy) is 1. The van der Waals surface area contributed by atoms with Crippen molar-refractivity contribution < 1.29 is 15.0 Å². The molecule has 5 heteroatoms. The number of fused-ring (bicyclic) bond motifs is 1. The molecule has 0 aliphatic carbocycles. The number of benzene rings is 2. The molecule has 0 N–H and O–H groups in total. The van der Waals surface area contributed by atoms with E-state index in [-0.39, 0.29) is 29.8 Å². The molecular formula is C22H19N3O2. The van der Waals surface area contributed by atoms with Crippen molar-refractivity contribution in [2.75, 3.05) is 7.11 Å². The molecule has 134 valence electrons. The topological polar surface area (TPSA) is 57.0 Å². The molecule has 27 heavy (non-hydrogen) atoms. The van der Waals surface area contributed by atoms with Gasteiger partial charge >= 0.3 is 0 Å². The van der Waals surface area contributed by atoms with Gasteiger partial charge in [-0.3, -0.25) is 9.78 Å². The zero-order valence-electron chi connectivity index (χ0n) is 18.9. The van der Waals surface area contributed by atoms with E-state index in [4.69, 9.17) is 10.2 Å². The van der Waals surface area contributed by atoms with Crippen LogP contribution in [0.5, 0.6) is 5.75 Å². The average Bonchev–Trinajstić information content (AvgIpc) is 3.18. The van der Waals surface area contributed by atoms with Crippen LogP contribution < -0.4 is 4.74 Å². The fraction of sp³-hybridized carbons (Fsp3) is 0.136. The monoisotopic (exact) mass is 361 g/mol. The van der Waals surface area contributed by atoms with Gasteiger partial charge in [-0.05, 0) is 41.7 Å². The van der Waals surface area contributed by atoms with Gasteiger partial charge in [0, 0.05) is 35.5 Å². The van der Waals surface area contributed by atoms with Crippen LogP contribution in [-0.4, -0.2) is 27.4 Å². The van der Waals surface area contributed by atoms with Gasteiger partial charge in [0.15, 0.2) is 5.78 Å². The number of imidazole rings is 1. The maximum atomic E-state index is 12.9. The molecule has 5 nitrogen and oxygen atoms in total. The molecule has 4 aromatic rings. The Morgan fingerprint density at radius 3 is 2.67 bits per heavy atom. The van der Waals surface area contributed by atoms with Crippen LogP contribution in [0.2, 0.25) is 0 Å². The molecular weight excluding hydrogens is 338 g/mol. The quantitative estimate of drug-likeness (QED) is 0.503. The highest BCUT2D eigenvalue weighted by Gasteiger charge is 2.10. The number of nitrogens with zero attached hydrogens (tertiary/aromatic N) is 3. The zero-order valence-corrected chi connectivity index (χ0v) is 14.9. The summed E-state index contributed by atoms with van der Waals surface area (Å²) in [5, 5.41) is 1.81. The second-order valence-electron chi connectivity index (χ2n) is 6.14. The Hall–Kier alpha value is -3.47. The van der Waals surface area contributed by atoms with Crippen molar-refractivity contribution in [1.82, 2.24) is 14.5 Å². The van der Waals surface area contributed by atoms with Gasteiger partial charge in [0.2, 0.25) is 0 Å². The summed E-state index contributed by atoms with van der Waals surface area (Å²) in [6.45, 7) is 0. The Labute approximate surface area is 162 Å². The van der Waals surface area contributed by atoms with Crippen LogP contribution in [0.15, 0.2) is 67.2 Å². The largest absolute Gasteiger partial charge is 0.497 e. The first-order valence-electron chi connectivity index (χ1n) is 10.3. The van der Waals surface area contributed by atoms with E-state index in [1.807, 2.05) is 29.8 Å². The van der Waals surface area contributed by atoms with Crippen molar-refractivity contribution in [1.29, 1.82) is 0 Å². The SMILES string of the molecule is [2H]c1c([2H])c(C(=O)Cc2cc3cc(-c4cncn4C)ccc3cn2)c([2H])c([2H])c1OC. The van der Waals surface area contributed by atoms with Crippen LogP contribution in [0.3, 0.4) is 0 Å². The van der Waals surface area contributed by atoms with Gasteiger partial charge < -0.3 is 9.30 Å². The predicted molar refractivity (Wildman–Crippen MR) is 105 cm³/mol. The first-order chi connectivity index (χ1) is 14.8. The van der Waals surface area contributed by atoms with E-state index in [1.54, 1.807) is 24.8 Å². The van der Waals surface area contributed by atoms with Gasteiger partial charge in [0.05, 0.1) is 37.2 Å². The number of methoxy groups -OCH3 is 1. The summed E-state index contributed by atoms with van der Waals surface area (Å²) in [6, 6.07) is 6.14. The second kappa shape index (κ2) is 7.03. The number of Topliss-reactive ketones (excluding diaryl/α,β-unsaturated/α-hetero) is 1. The third kappa shape index (κ3) is 3.44. The molecule has 0 amide bonds. The number of carbonyl (C=O) groups excluding carboxylic acids is 1. The van der Waals surface area contributed by atoms with Crippen LogP contribution in [0.4, 0.5) is 0 Å². The van der Waals surface area contributed by atoms with Crippen molar-refractivity contribution >= 4 is 16.6 Å². The zero-order chi connectivity index (χ0) is 22.3. The molecule has 0 unspecified atom stereocenters. The van der Waals surface area contributed by atoms with Crippen molar-refractivity contribution in [3.05, 3.63) is 78.4 Å². The van der Waals surface area contributed by atoms with E-state index in [0.29, 0.717) is 5.69 Å². The molecule has 2 aromatic heterocycles. The number of pyridine rings is 1. The van der Waals surface area contributed by atoms with Gasteiger partial charge in [0.1, 0.15) is 5.75 Å². The number of hydrogen-bond donors (Lipinski definition) is 0. The normalized spacial score (nSPS) is 13.0. The van der Waals surface area contributed by atoms with E-state index in [9.17, 15) is 4.79 Å². The van der Waals surface area contributed by atoms with Crippen LogP contribution in [-0.2, 0) is 13.5 Å². The molecule has 0 fully saturated rings. The minimum atomic E-state index is -0.533. The molecule has 0 aliphatic heterocycles. The number of carbonyl (C=O) groups is 1. The lowest BCUT2D eigenvalue weighted by Crippen LogP contribution is -2.05. The number of rotatable bonds is 5. The molecule has 0 saturated heterocycles. The molecule has 0 spiro atoms. The molecule has 0 saturated carbocycles. The maximum Gasteiger partial charge on any atom is 0.168 e. The standard InChI is InChI=1S/C22H19N3O2/c1-25-14-23-13-21(25)16-3-4-17-12-24-19(10-18(17)9-16)11-22(26)15-5-7-20(27-2)8-6-15/h3-10,12-14H,11H2,1-2H3/i5D,6D,7D,8D.